The minimum Gasteiger partial charge on any atom is -0.497 e. The average Bonchev–Trinajstić information content (AvgIpc) is 2.96. The molecule has 0 amide bonds. The number of oxime groups is 1. The Morgan fingerprint density at radius 1 is 1.13 bits per heavy atom. The van der Waals surface area contributed by atoms with Gasteiger partial charge in [-0.05, 0) is 53.4 Å². The number of aromatic nitrogens is 1. The summed E-state index contributed by atoms with van der Waals surface area (Å²) in [7, 11) is 1.51. The average molecular weight is 531 g/mol. The number of rotatable bonds is 5. The summed E-state index contributed by atoms with van der Waals surface area (Å²) in [4.78, 5) is 6.99. The van der Waals surface area contributed by atoms with E-state index in [4.69, 9.17) is 19.7 Å². The minimum atomic E-state index is -0.492. The number of anilines is 1. The second-order valence-electron chi connectivity index (χ2n) is 9.78. The van der Waals surface area contributed by atoms with Crippen LogP contribution in [0.1, 0.15) is 12.0 Å². The maximum Gasteiger partial charge on any atom is 0.132 e. The van der Waals surface area contributed by atoms with Gasteiger partial charge in [-0.2, -0.15) is 0 Å². The summed E-state index contributed by atoms with van der Waals surface area (Å²) in [5.41, 5.74) is 4.55. The smallest absolute Gasteiger partial charge is 0.132 e. The largest absolute Gasteiger partial charge is 0.497 e. The van der Waals surface area contributed by atoms with Gasteiger partial charge in [-0.3, -0.25) is 4.98 Å². The molecular formula is C30H28F2N4O3. The first kappa shape index (κ1) is 25.2. The Morgan fingerprint density at radius 3 is 2.87 bits per heavy atom. The molecular weight excluding hydrogens is 502 g/mol. The van der Waals surface area contributed by atoms with E-state index in [1.54, 1.807) is 24.4 Å². The standard InChI is InChI=1S/C30H28F2N4O3/c1-38-21-12-19(11-20(31)14-21)24-15-34-27-6-5-18(22-3-2-4-26(32)25(22)16-35-37)13-23(27)30(24)36-9-7-28-29(17-36)39-10-8-33-28/h2-6,11-16,28-29,33,37H,7-10,17H2,1H3. The van der Waals surface area contributed by atoms with Gasteiger partial charge in [0.25, 0.3) is 0 Å². The van der Waals surface area contributed by atoms with Crippen LogP contribution in [0.25, 0.3) is 33.2 Å². The third-order valence-corrected chi connectivity index (χ3v) is 7.52. The van der Waals surface area contributed by atoms with Crippen LogP contribution in [0.3, 0.4) is 0 Å². The van der Waals surface area contributed by atoms with Crippen LogP contribution in [0.2, 0.25) is 0 Å². The Labute approximate surface area is 224 Å². The van der Waals surface area contributed by atoms with E-state index in [1.807, 2.05) is 18.2 Å². The van der Waals surface area contributed by atoms with Crippen molar-refractivity contribution in [2.24, 2.45) is 5.16 Å². The van der Waals surface area contributed by atoms with E-state index in [0.717, 1.165) is 53.4 Å². The number of pyridine rings is 1. The van der Waals surface area contributed by atoms with E-state index in [1.165, 1.54) is 25.3 Å². The highest BCUT2D eigenvalue weighted by molar-refractivity contribution is 6.03. The van der Waals surface area contributed by atoms with Gasteiger partial charge in [0.05, 0.1) is 37.2 Å². The summed E-state index contributed by atoms with van der Waals surface area (Å²) in [5.74, 6) is -0.486. The van der Waals surface area contributed by atoms with Crippen molar-refractivity contribution in [3.05, 3.63) is 78.0 Å². The third-order valence-electron chi connectivity index (χ3n) is 7.52. The van der Waals surface area contributed by atoms with Crippen LogP contribution in [-0.4, -0.2) is 61.9 Å². The van der Waals surface area contributed by atoms with Crippen LogP contribution in [0.4, 0.5) is 14.5 Å². The van der Waals surface area contributed by atoms with Crippen LogP contribution in [-0.2, 0) is 4.74 Å². The van der Waals surface area contributed by atoms with E-state index in [0.29, 0.717) is 30.0 Å². The van der Waals surface area contributed by atoms with E-state index < -0.39 is 11.6 Å². The fourth-order valence-corrected chi connectivity index (χ4v) is 5.69. The van der Waals surface area contributed by atoms with Crippen LogP contribution >= 0.6 is 0 Å². The highest BCUT2D eigenvalue weighted by atomic mass is 19.1. The molecule has 0 aliphatic carbocycles. The van der Waals surface area contributed by atoms with Crippen LogP contribution < -0.4 is 15.0 Å². The normalized spacial score (nSPS) is 19.4. The Balaban J connectivity index is 1.57. The Bertz CT molecular complexity index is 1560. The van der Waals surface area contributed by atoms with Gasteiger partial charge in [-0.25, -0.2) is 8.78 Å². The van der Waals surface area contributed by atoms with Crippen molar-refractivity contribution in [3.8, 4) is 28.0 Å². The van der Waals surface area contributed by atoms with Crippen LogP contribution in [0.15, 0.2) is 65.9 Å². The molecule has 39 heavy (non-hydrogen) atoms. The fraction of sp³-hybridized carbons (Fsp3) is 0.267. The molecule has 0 saturated carbocycles. The van der Waals surface area contributed by atoms with E-state index in [-0.39, 0.29) is 17.7 Å². The zero-order chi connectivity index (χ0) is 26.9. The van der Waals surface area contributed by atoms with E-state index in [2.05, 4.69) is 15.4 Å². The molecule has 2 aliphatic heterocycles. The van der Waals surface area contributed by atoms with Gasteiger partial charge in [0.1, 0.15) is 17.4 Å². The number of benzene rings is 3. The number of ether oxygens (including phenoxy) is 2. The van der Waals surface area contributed by atoms with Crippen molar-refractivity contribution >= 4 is 22.8 Å². The third kappa shape index (κ3) is 4.79. The second kappa shape index (κ2) is 10.6. The Hall–Kier alpha value is -4.08. The lowest BCUT2D eigenvalue weighted by molar-refractivity contribution is -0.00896. The molecule has 0 bridgehead atoms. The molecule has 7 nitrogen and oxygen atoms in total. The number of morpholine rings is 1. The molecule has 2 fully saturated rings. The molecule has 0 spiro atoms. The summed E-state index contributed by atoms with van der Waals surface area (Å²) >= 11 is 0. The van der Waals surface area contributed by atoms with Crippen molar-refractivity contribution in [1.29, 1.82) is 0 Å². The maximum absolute atomic E-state index is 14.7. The number of hydrogen-bond donors (Lipinski definition) is 2. The summed E-state index contributed by atoms with van der Waals surface area (Å²) < 4.78 is 40.8. The number of nitrogens with one attached hydrogen (secondary N) is 1. The summed E-state index contributed by atoms with van der Waals surface area (Å²) in [5, 5.41) is 16.6. The van der Waals surface area contributed by atoms with Crippen molar-refractivity contribution < 1.29 is 23.5 Å². The zero-order valence-corrected chi connectivity index (χ0v) is 21.4. The summed E-state index contributed by atoms with van der Waals surface area (Å²) in [6.45, 7) is 2.91. The molecule has 2 aliphatic rings. The lowest BCUT2D eigenvalue weighted by atomic mass is 9.93. The van der Waals surface area contributed by atoms with Crippen molar-refractivity contribution in [3.63, 3.8) is 0 Å². The number of halogens is 2. The van der Waals surface area contributed by atoms with Crippen molar-refractivity contribution in [2.45, 2.75) is 18.6 Å². The quantitative estimate of drug-likeness (QED) is 0.209. The molecule has 6 rings (SSSR count). The molecule has 2 atom stereocenters. The fourth-order valence-electron chi connectivity index (χ4n) is 5.69. The van der Waals surface area contributed by atoms with Gasteiger partial charge in [0.15, 0.2) is 0 Å². The van der Waals surface area contributed by atoms with Gasteiger partial charge in [0, 0.05) is 54.5 Å². The molecule has 3 heterocycles. The molecule has 2 saturated heterocycles. The highest BCUT2D eigenvalue weighted by Crippen LogP contribution is 2.41. The lowest BCUT2D eigenvalue weighted by Gasteiger charge is -2.43. The van der Waals surface area contributed by atoms with Gasteiger partial charge in [-0.15, -0.1) is 0 Å². The number of hydrogen-bond acceptors (Lipinski definition) is 7. The molecule has 200 valence electrons. The Kier molecular flexibility index (Phi) is 6.85. The topological polar surface area (TPSA) is 79.2 Å². The maximum atomic E-state index is 14.7. The molecule has 3 aromatic carbocycles. The lowest BCUT2D eigenvalue weighted by Crippen LogP contribution is -2.57. The number of nitrogens with zero attached hydrogens (tertiary/aromatic N) is 3. The first-order valence-electron chi connectivity index (χ1n) is 12.9. The van der Waals surface area contributed by atoms with Crippen molar-refractivity contribution in [1.82, 2.24) is 10.3 Å². The molecule has 0 radical (unpaired) electrons. The molecule has 2 N–H and O–H groups in total. The molecule has 9 heteroatoms. The Morgan fingerprint density at radius 2 is 2.03 bits per heavy atom. The number of piperidine rings is 1. The monoisotopic (exact) mass is 530 g/mol. The first-order chi connectivity index (χ1) is 19.1. The van der Waals surface area contributed by atoms with Gasteiger partial charge in [-0.1, -0.05) is 23.4 Å². The SMILES string of the molecule is COc1cc(F)cc(-c2cnc3ccc(-c4cccc(F)c4C=NO)cc3c2N2CCC3NCCOC3C2)c1. The second-order valence-corrected chi connectivity index (χ2v) is 9.78. The minimum absolute atomic E-state index is 0.0179. The molecule has 4 aromatic rings. The van der Waals surface area contributed by atoms with Crippen molar-refractivity contribution in [2.75, 3.05) is 38.3 Å². The molecule has 1 aromatic heterocycles. The van der Waals surface area contributed by atoms with Crippen LogP contribution in [0.5, 0.6) is 5.75 Å². The highest BCUT2D eigenvalue weighted by Gasteiger charge is 2.33. The zero-order valence-electron chi connectivity index (χ0n) is 21.4. The van der Waals surface area contributed by atoms with E-state index in [9.17, 15) is 8.78 Å². The van der Waals surface area contributed by atoms with Gasteiger partial charge in [0.2, 0.25) is 0 Å². The van der Waals surface area contributed by atoms with Gasteiger partial charge >= 0.3 is 0 Å². The van der Waals surface area contributed by atoms with Gasteiger partial charge < -0.3 is 24.9 Å². The number of methoxy groups -OCH3 is 1. The van der Waals surface area contributed by atoms with E-state index >= 15 is 0 Å². The predicted octanol–water partition coefficient (Wildman–Crippen LogP) is 5.23. The first-order valence-corrected chi connectivity index (χ1v) is 12.9. The van der Waals surface area contributed by atoms with Crippen LogP contribution in [0, 0.1) is 11.6 Å². The number of fused-ring (bicyclic) bond motifs is 2. The predicted molar refractivity (Wildman–Crippen MR) is 147 cm³/mol. The molecule has 2 unspecified atom stereocenters. The summed E-state index contributed by atoms with van der Waals surface area (Å²) in [6, 6.07) is 15.4. The summed E-state index contributed by atoms with van der Waals surface area (Å²) in [6.07, 6.45) is 3.77.